The molecule has 3 rings (SSSR count). The van der Waals surface area contributed by atoms with Crippen LogP contribution in [-0.4, -0.2) is 55.6 Å². The summed E-state index contributed by atoms with van der Waals surface area (Å²) in [4.78, 5) is 21.6. The third-order valence-corrected chi connectivity index (χ3v) is 5.10. The van der Waals surface area contributed by atoms with Crippen molar-refractivity contribution in [3.05, 3.63) is 48.2 Å². The summed E-state index contributed by atoms with van der Waals surface area (Å²) in [7, 11) is 2.15. The predicted molar refractivity (Wildman–Crippen MR) is 116 cm³/mol. The molecule has 2 aromatic rings. The fraction of sp³-hybridized carbons (Fsp3) is 0.455. The Balaban J connectivity index is 1.55. The van der Waals surface area contributed by atoms with Gasteiger partial charge in [-0.3, -0.25) is 4.79 Å². The Morgan fingerprint density at radius 3 is 2.54 bits per heavy atom. The Bertz CT molecular complexity index is 754. The van der Waals surface area contributed by atoms with Crippen LogP contribution in [0, 0.1) is 0 Å². The molecule has 0 aliphatic carbocycles. The molecule has 28 heavy (non-hydrogen) atoms. The van der Waals surface area contributed by atoms with E-state index in [-0.39, 0.29) is 5.91 Å². The van der Waals surface area contributed by atoms with Gasteiger partial charge in [0.15, 0.2) is 0 Å². The summed E-state index contributed by atoms with van der Waals surface area (Å²) in [5.74, 6) is 0.625. The number of unbranched alkanes of at least 4 members (excludes halogenated alkanes) is 2. The summed E-state index contributed by atoms with van der Waals surface area (Å²) in [6.07, 6.45) is 5.16. The first kappa shape index (κ1) is 20.1. The molecule has 6 nitrogen and oxygen atoms in total. The lowest BCUT2D eigenvalue weighted by Gasteiger charge is -2.34. The lowest BCUT2D eigenvalue weighted by molar-refractivity contribution is 0.102. The maximum atomic E-state index is 12.6. The Kier molecular flexibility index (Phi) is 7.25. The topological polar surface area (TPSA) is 60.5 Å². The minimum atomic E-state index is -0.119. The van der Waals surface area contributed by atoms with Crippen molar-refractivity contribution in [1.82, 2.24) is 9.88 Å². The maximum Gasteiger partial charge on any atom is 0.255 e. The number of aromatic nitrogens is 1. The van der Waals surface area contributed by atoms with E-state index in [1.807, 2.05) is 12.1 Å². The highest BCUT2D eigenvalue weighted by Crippen LogP contribution is 2.20. The van der Waals surface area contributed by atoms with Crippen molar-refractivity contribution in [2.24, 2.45) is 0 Å². The maximum absolute atomic E-state index is 12.6. The second-order valence-electron chi connectivity index (χ2n) is 7.35. The molecule has 6 heteroatoms. The number of carbonyl (C=O) groups excluding carboxylic acids is 1. The van der Waals surface area contributed by atoms with E-state index in [2.05, 4.69) is 51.5 Å². The van der Waals surface area contributed by atoms with E-state index >= 15 is 0 Å². The van der Waals surface area contributed by atoms with Crippen LogP contribution in [0.4, 0.5) is 17.2 Å². The van der Waals surface area contributed by atoms with E-state index in [0.29, 0.717) is 5.56 Å². The first-order valence-corrected chi connectivity index (χ1v) is 10.2. The lowest BCUT2D eigenvalue weighted by atomic mass is 10.2. The van der Waals surface area contributed by atoms with E-state index < -0.39 is 0 Å². The van der Waals surface area contributed by atoms with E-state index in [4.69, 9.17) is 0 Å². The summed E-state index contributed by atoms with van der Waals surface area (Å²) in [6, 6.07) is 11.6. The van der Waals surface area contributed by atoms with Crippen molar-refractivity contribution in [3.8, 4) is 0 Å². The summed E-state index contributed by atoms with van der Waals surface area (Å²) < 4.78 is 0. The van der Waals surface area contributed by atoms with Gasteiger partial charge >= 0.3 is 0 Å². The van der Waals surface area contributed by atoms with Gasteiger partial charge in [0.05, 0.1) is 0 Å². The number of likely N-dealkylation sites (N-methyl/N-ethyl adjacent to an activating group) is 1. The molecule has 1 aliphatic heterocycles. The van der Waals surface area contributed by atoms with Crippen LogP contribution in [0.1, 0.15) is 36.5 Å². The number of nitrogens with zero attached hydrogens (tertiary/aromatic N) is 3. The molecule has 0 unspecified atom stereocenters. The number of benzene rings is 1. The fourth-order valence-corrected chi connectivity index (χ4v) is 3.28. The minimum absolute atomic E-state index is 0.119. The molecule has 1 amide bonds. The number of anilines is 3. The highest BCUT2D eigenvalue weighted by molar-refractivity contribution is 6.04. The normalized spacial score (nSPS) is 14.7. The Labute approximate surface area is 167 Å². The summed E-state index contributed by atoms with van der Waals surface area (Å²) >= 11 is 0. The summed E-state index contributed by atoms with van der Waals surface area (Å²) in [5, 5.41) is 6.26. The highest BCUT2D eigenvalue weighted by atomic mass is 16.1. The second kappa shape index (κ2) is 10.1. The number of rotatable bonds is 8. The fourth-order valence-electron chi connectivity index (χ4n) is 3.28. The van der Waals surface area contributed by atoms with Gasteiger partial charge in [0.1, 0.15) is 5.82 Å². The molecule has 1 fully saturated rings. The highest BCUT2D eigenvalue weighted by Gasteiger charge is 2.14. The Morgan fingerprint density at radius 1 is 1.07 bits per heavy atom. The zero-order valence-corrected chi connectivity index (χ0v) is 16.9. The molecule has 1 aromatic heterocycles. The Morgan fingerprint density at radius 2 is 1.82 bits per heavy atom. The van der Waals surface area contributed by atoms with Crippen molar-refractivity contribution in [3.63, 3.8) is 0 Å². The molecule has 1 aliphatic rings. The van der Waals surface area contributed by atoms with Gasteiger partial charge in [-0.2, -0.15) is 0 Å². The van der Waals surface area contributed by atoms with Crippen LogP contribution in [0.2, 0.25) is 0 Å². The third-order valence-electron chi connectivity index (χ3n) is 5.10. The van der Waals surface area contributed by atoms with Crippen molar-refractivity contribution in [2.75, 3.05) is 55.3 Å². The van der Waals surface area contributed by atoms with E-state index in [1.54, 1.807) is 18.3 Å². The molecule has 0 spiro atoms. The number of nitrogens with one attached hydrogen (secondary N) is 2. The minimum Gasteiger partial charge on any atom is -0.370 e. The van der Waals surface area contributed by atoms with E-state index in [0.717, 1.165) is 50.6 Å². The molecule has 0 saturated carbocycles. The van der Waals surface area contributed by atoms with Crippen LogP contribution in [0.3, 0.4) is 0 Å². The average Bonchev–Trinajstić information content (AvgIpc) is 2.73. The van der Waals surface area contributed by atoms with Gasteiger partial charge in [-0.05, 0) is 49.9 Å². The van der Waals surface area contributed by atoms with E-state index in [1.165, 1.54) is 18.5 Å². The number of pyridine rings is 1. The number of piperazine rings is 1. The number of amides is 1. The summed E-state index contributed by atoms with van der Waals surface area (Å²) in [5.41, 5.74) is 2.61. The largest absolute Gasteiger partial charge is 0.370 e. The third kappa shape index (κ3) is 5.70. The zero-order valence-electron chi connectivity index (χ0n) is 16.9. The van der Waals surface area contributed by atoms with Crippen molar-refractivity contribution < 1.29 is 4.79 Å². The molecule has 0 radical (unpaired) electrons. The van der Waals surface area contributed by atoms with Crippen LogP contribution in [0.25, 0.3) is 0 Å². The van der Waals surface area contributed by atoms with Crippen molar-refractivity contribution >= 4 is 23.1 Å². The number of hydrogen-bond acceptors (Lipinski definition) is 5. The molecule has 2 N–H and O–H groups in total. The molecular formula is C22H31N5O. The van der Waals surface area contributed by atoms with Gasteiger partial charge in [-0.1, -0.05) is 19.8 Å². The van der Waals surface area contributed by atoms with Crippen LogP contribution in [0.15, 0.2) is 42.6 Å². The first-order chi connectivity index (χ1) is 13.7. The SMILES string of the molecule is CCCCCNc1cc(C(=O)Nc2ccc(N3CCN(C)CC3)cc2)ccn1. The summed E-state index contributed by atoms with van der Waals surface area (Å²) in [6.45, 7) is 7.28. The van der Waals surface area contributed by atoms with Crippen LogP contribution >= 0.6 is 0 Å². The standard InChI is InChI=1S/C22H31N5O/c1-3-4-5-11-23-21-17-18(10-12-24-21)22(28)25-19-6-8-20(9-7-19)27-15-13-26(2)14-16-27/h6-10,12,17H,3-5,11,13-16H2,1-2H3,(H,23,24)(H,25,28). The van der Waals surface area contributed by atoms with E-state index in [9.17, 15) is 4.79 Å². The second-order valence-corrected chi connectivity index (χ2v) is 7.35. The smallest absolute Gasteiger partial charge is 0.255 e. The van der Waals surface area contributed by atoms with Gasteiger partial charge in [0.25, 0.3) is 5.91 Å². The average molecular weight is 382 g/mol. The molecule has 2 heterocycles. The molecular weight excluding hydrogens is 350 g/mol. The lowest BCUT2D eigenvalue weighted by Crippen LogP contribution is -2.44. The predicted octanol–water partition coefficient (Wildman–Crippen LogP) is 3.69. The van der Waals surface area contributed by atoms with Crippen LogP contribution in [0.5, 0.6) is 0 Å². The van der Waals surface area contributed by atoms with Crippen LogP contribution in [-0.2, 0) is 0 Å². The molecule has 150 valence electrons. The zero-order chi connectivity index (χ0) is 19.8. The van der Waals surface area contributed by atoms with Crippen molar-refractivity contribution in [1.29, 1.82) is 0 Å². The van der Waals surface area contributed by atoms with Gasteiger partial charge in [-0.25, -0.2) is 4.98 Å². The van der Waals surface area contributed by atoms with Crippen LogP contribution < -0.4 is 15.5 Å². The molecule has 0 atom stereocenters. The number of hydrogen-bond donors (Lipinski definition) is 2. The Hall–Kier alpha value is -2.60. The molecule has 0 bridgehead atoms. The first-order valence-electron chi connectivity index (χ1n) is 10.2. The quantitative estimate of drug-likeness (QED) is 0.683. The van der Waals surface area contributed by atoms with Crippen molar-refractivity contribution in [2.45, 2.75) is 26.2 Å². The number of carbonyl (C=O) groups is 1. The van der Waals surface area contributed by atoms with Gasteiger partial charge in [-0.15, -0.1) is 0 Å². The molecule has 1 aromatic carbocycles. The van der Waals surface area contributed by atoms with Gasteiger partial charge in [0, 0.05) is 55.9 Å². The monoisotopic (exact) mass is 381 g/mol. The van der Waals surface area contributed by atoms with Gasteiger partial charge < -0.3 is 20.4 Å². The molecule has 1 saturated heterocycles. The van der Waals surface area contributed by atoms with Gasteiger partial charge in [0.2, 0.25) is 0 Å².